The second-order valence-electron chi connectivity index (χ2n) is 5.54. The van der Waals surface area contributed by atoms with Crippen LogP contribution >= 0.6 is 0 Å². The van der Waals surface area contributed by atoms with Crippen molar-refractivity contribution in [2.24, 2.45) is 0 Å². The standard InChI is InChI=1S/C13H22OSi/c1-13(2,3)11-7-9-12(10-8-11)15(5,6)14-4/h7-10H,1-6H3. The average molecular weight is 222 g/mol. The molecule has 1 nitrogen and oxygen atoms in total. The van der Waals surface area contributed by atoms with Gasteiger partial charge in [-0.25, -0.2) is 0 Å². The normalized spacial score (nSPS) is 12.9. The van der Waals surface area contributed by atoms with Crippen molar-refractivity contribution in [2.75, 3.05) is 7.11 Å². The highest BCUT2D eigenvalue weighted by Crippen LogP contribution is 2.21. The van der Waals surface area contributed by atoms with E-state index in [2.05, 4.69) is 58.1 Å². The van der Waals surface area contributed by atoms with Gasteiger partial charge in [-0.05, 0) is 29.3 Å². The molecule has 1 rings (SSSR count). The molecule has 2 heteroatoms. The summed E-state index contributed by atoms with van der Waals surface area (Å²) in [5.41, 5.74) is 1.62. The van der Waals surface area contributed by atoms with E-state index in [-0.39, 0.29) is 5.41 Å². The van der Waals surface area contributed by atoms with Crippen LogP contribution in [0.15, 0.2) is 24.3 Å². The van der Waals surface area contributed by atoms with Gasteiger partial charge in [0.2, 0.25) is 8.32 Å². The molecule has 0 aliphatic carbocycles. The maximum Gasteiger partial charge on any atom is 0.217 e. The zero-order valence-corrected chi connectivity index (χ0v) is 11.7. The van der Waals surface area contributed by atoms with Crippen LogP contribution in [-0.4, -0.2) is 15.4 Å². The minimum Gasteiger partial charge on any atom is -0.416 e. The summed E-state index contributed by atoms with van der Waals surface area (Å²) in [4.78, 5) is 0. The lowest BCUT2D eigenvalue weighted by Gasteiger charge is -2.23. The molecular weight excluding hydrogens is 200 g/mol. The van der Waals surface area contributed by atoms with Gasteiger partial charge in [-0.3, -0.25) is 0 Å². The van der Waals surface area contributed by atoms with Crippen LogP contribution in [0.4, 0.5) is 0 Å². The molecule has 0 aromatic heterocycles. The lowest BCUT2D eigenvalue weighted by atomic mass is 9.87. The lowest BCUT2D eigenvalue weighted by Crippen LogP contribution is -2.43. The molecule has 0 radical (unpaired) electrons. The van der Waals surface area contributed by atoms with Gasteiger partial charge in [0, 0.05) is 7.11 Å². The summed E-state index contributed by atoms with van der Waals surface area (Å²) in [6, 6.07) is 8.89. The molecule has 0 atom stereocenters. The second kappa shape index (κ2) is 4.10. The molecule has 0 saturated carbocycles. The van der Waals surface area contributed by atoms with Crippen molar-refractivity contribution in [3.8, 4) is 0 Å². The summed E-state index contributed by atoms with van der Waals surface area (Å²) in [5.74, 6) is 0. The van der Waals surface area contributed by atoms with Gasteiger partial charge in [-0.1, -0.05) is 45.0 Å². The van der Waals surface area contributed by atoms with Crippen molar-refractivity contribution in [3.63, 3.8) is 0 Å². The average Bonchev–Trinajstić information content (AvgIpc) is 2.17. The molecular formula is C13H22OSi. The Balaban J connectivity index is 3.01. The summed E-state index contributed by atoms with van der Waals surface area (Å²) in [6.07, 6.45) is 0. The smallest absolute Gasteiger partial charge is 0.217 e. The molecule has 0 heterocycles. The molecule has 0 saturated heterocycles. The molecule has 0 bridgehead atoms. The van der Waals surface area contributed by atoms with Crippen molar-refractivity contribution in [2.45, 2.75) is 39.3 Å². The summed E-state index contributed by atoms with van der Waals surface area (Å²) in [7, 11) is 0.174. The van der Waals surface area contributed by atoms with Crippen LogP contribution in [0.1, 0.15) is 26.3 Å². The highest BCUT2D eigenvalue weighted by Gasteiger charge is 2.24. The first-order valence-electron chi connectivity index (χ1n) is 5.43. The maximum absolute atomic E-state index is 5.59. The first-order chi connectivity index (χ1) is 6.77. The van der Waals surface area contributed by atoms with E-state index in [0.717, 1.165) is 0 Å². The van der Waals surface area contributed by atoms with E-state index < -0.39 is 8.32 Å². The molecule has 0 amide bonds. The van der Waals surface area contributed by atoms with Crippen molar-refractivity contribution in [3.05, 3.63) is 29.8 Å². The van der Waals surface area contributed by atoms with Gasteiger partial charge in [0.25, 0.3) is 0 Å². The predicted molar refractivity (Wildman–Crippen MR) is 69.3 cm³/mol. The Morgan fingerprint density at radius 2 is 1.47 bits per heavy atom. The molecule has 0 unspecified atom stereocenters. The Labute approximate surface area is 94.6 Å². The van der Waals surface area contributed by atoms with E-state index in [1.807, 2.05) is 7.11 Å². The molecule has 1 aromatic rings. The van der Waals surface area contributed by atoms with Crippen molar-refractivity contribution in [1.29, 1.82) is 0 Å². The zero-order valence-electron chi connectivity index (χ0n) is 10.7. The Morgan fingerprint density at radius 3 is 1.80 bits per heavy atom. The zero-order chi connectivity index (χ0) is 11.7. The third kappa shape index (κ3) is 2.92. The Hall–Kier alpha value is -0.603. The monoisotopic (exact) mass is 222 g/mol. The topological polar surface area (TPSA) is 9.23 Å². The summed E-state index contributed by atoms with van der Waals surface area (Å²) < 4.78 is 5.59. The minimum absolute atomic E-state index is 0.233. The van der Waals surface area contributed by atoms with Crippen LogP contribution in [0.3, 0.4) is 0 Å². The second-order valence-corrected chi connectivity index (χ2v) is 9.55. The molecule has 0 spiro atoms. The highest BCUT2D eigenvalue weighted by molar-refractivity contribution is 6.84. The van der Waals surface area contributed by atoms with Crippen molar-refractivity contribution in [1.82, 2.24) is 0 Å². The largest absolute Gasteiger partial charge is 0.416 e. The van der Waals surface area contributed by atoms with Crippen LogP contribution < -0.4 is 5.19 Å². The first-order valence-corrected chi connectivity index (χ1v) is 8.34. The fourth-order valence-electron chi connectivity index (χ4n) is 1.49. The number of benzene rings is 1. The number of hydrogen-bond donors (Lipinski definition) is 0. The quantitative estimate of drug-likeness (QED) is 0.699. The van der Waals surface area contributed by atoms with E-state index in [1.54, 1.807) is 0 Å². The minimum atomic E-state index is -1.64. The molecule has 0 aliphatic rings. The SMILES string of the molecule is CO[Si](C)(C)c1ccc(C(C)(C)C)cc1. The summed E-state index contributed by atoms with van der Waals surface area (Å²) in [6.45, 7) is 11.2. The van der Waals surface area contributed by atoms with Gasteiger partial charge in [0.15, 0.2) is 0 Å². The molecule has 84 valence electrons. The fraction of sp³-hybridized carbons (Fsp3) is 0.538. The lowest BCUT2D eigenvalue weighted by molar-refractivity contribution is 0.416. The van der Waals surface area contributed by atoms with E-state index in [9.17, 15) is 0 Å². The third-order valence-electron chi connectivity index (χ3n) is 2.96. The number of hydrogen-bond acceptors (Lipinski definition) is 1. The van der Waals surface area contributed by atoms with E-state index in [4.69, 9.17) is 4.43 Å². The van der Waals surface area contributed by atoms with Gasteiger partial charge >= 0.3 is 0 Å². The molecule has 0 aliphatic heterocycles. The maximum atomic E-state index is 5.59. The molecule has 0 N–H and O–H groups in total. The van der Waals surface area contributed by atoms with Crippen molar-refractivity contribution < 1.29 is 4.43 Å². The van der Waals surface area contributed by atoms with Gasteiger partial charge in [0.1, 0.15) is 0 Å². The van der Waals surface area contributed by atoms with E-state index >= 15 is 0 Å². The predicted octanol–water partition coefficient (Wildman–Crippen LogP) is 3.04. The van der Waals surface area contributed by atoms with Gasteiger partial charge in [0.05, 0.1) is 0 Å². The Morgan fingerprint density at radius 1 is 1.00 bits per heavy atom. The van der Waals surface area contributed by atoms with Gasteiger partial charge < -0.3 is 4.43 Å². The van der Waals surface area contributed by atoms with Crippen LogP contribution in [0, 0.1) is 0 Å². The van der Waals surface area contributed by atoms with Crippen LogP contribution in [0.25, 0.3) is 0 Å². The van der Waals surface area contributed by atoms with Crippen LogP contribution in [0.2, 0.25) is 13.1 Å². The summed E-state index contributed by atoms with van der Waals surface area (Å²) in [5, 5.41) is 1.36. The van der Waals surface area contributed by atoms with Crippen LogP contribution in [0.5, 0.6) is 0 Å². The summed E-state index contributed by atoms with van der Waals surface area (Å²) >= 11 is 0. The molecule has 15 heavy (non-hydrogen) atoms. The molecule has 1 aromatic carbocycles. The highest BCUT2D eigenvalue weighted by atomic mass is 28.4. The fourth-order valence-corrected chi connectivity index (χ4v) is 2.69. The Bertz CT molecular complexity index is 319. The Kier molecular flexibility index (Phi) is 3.41. The van der Waals surface area contributed by atoms with E-state index in [1.165, 1.54) is 10.8 Å². The van der Waals surface area contributed by atoms with E-state index in [0.29, 0.717) is 0 Å². The van der Waals surface area contributed by atoms with Gasteiger partial charge in [-0.2, -0.15) is 0 Å². The van der Waals surface area contributed by atoms with Crippen LogP contribution in [-0.2, 0) is 9.84 Å². The van der Waals surface area contributed by atoms with Crippen molar-refractivity contribution >= 4 is 13.5 Å². The third-order valence-corrected chi connectivity index (χ3v) is 5.70. The van der Waals surface area contributed by atoms with Gasteiger partial charge in [-0.15, -0.1) is 0 Å². The molecule has 0 fully saturated rings. The number of rotatable bonds is 2. The first kappa shape index (κ1) is 12.5.